The summed E-state index contributed by atoms with van der Waals surface area (Å²) in [5.41, 5.74) is -0.379. The van der Waals surface area contributed by atoms with Gasteiger partial charge in [0.25, 0.3) is 0 Å². The summed E-state index contributed by atoms with van der Waals surface area (Å²) in [4.78, 5) is 0. The van der Waals surface area contributed by atoms with Gasteiger partial charge in [-0.05, 0) is 219 Å². The van der Waals surface area contributed by atoms with Crippen LogP contribution in [0.25, 0.3) is 0 Å². The molecule has 436 valence electrons. The summed E-state index contributed by atoms with van der Waals surface area (Å²) in [5.74, 6) is 0.593. The van der Waals surface area contributed by atoms with E-state index in [1.807, 2.05) is 6.92 Å². The van der Waals surface area contributed by atoms with Crippen molar-refractivity contribution in [3.63, 3.8) is 0 Å². The first-order chi connectivity index (χ1) is 34.9. The van der Waals surface area contributed by atoms with E-state index in [0.717, 1.165) is 63.4 Å². The molecule has 24 atom stereocenters. The first-order valence-corrected chi connectivity index (χ1v) is 33.7. The van der Waals surface area contributed by atoms with Gasteiger partial charge in [0.1, 0.15) is 12.2 Å². The standard InChI is InChI=1S/C54H88O18S4/c1-29(36-12-14-39-34-24-46(69-73(57,58)59)43-22-32(55)16-19-53(43,8)41(34)17-20-51(36,39)6)10-11-38-33(30(2)27-50(38,4)5)23-45(56)31(3)37-13-15-40-35-25-47(70-74(60,61)62)44-26-48(71-75(63,64)65)49(72-76(66,67)68)28-54(44,9)42(35)18-21-52(37,40)7/h10-11,29,31-49,55-56H,2,12-28H2,1,3-9H3,(H,57,58,59)(H,60,61,62)(H,63,64,65)(H,66,67,68)/b11-10+/t29-,31+,32+,33+,34+,35+,36-,37-,38+,39+,40+,41+,42+,43-,44-,45?,46+,47+,48+,49+,51-,52-,53-,54-/m1/s1. The number of fused-ring (bicyclic) bond motifs is 10. The van der Waals surface area contributed by atoms with E-state index in [4.69, 9.17) is 16.7 Å². The second kappa shape index (κ2) is 20.3. The van der Waals surface area contributed by atoms with Crippen molar-refractivity contribution in [2.75, 3.05) is 0 Å². The first kappa shape index (κ1) is 59.5. The Bertz CT molecular complexity index is 2700. The van der Waals surface area contributed by atoms with Crippen LogP contribution in [0.15, 0.2) is 24.3 Å². The summed E-state index contributed by atoms with van der Waals surface area (Å²) in [6.07, 6.45) is 9.43. The molecule has 1 unspecified atom stereocenters. The molecule has 0 saturated heterocycles. The summed E-state index contributed by atoms with van der Waals surface area (Å²) in [5, 5.41) is 23.2. The third-order valence-electron chi connectivity index (χ3n) is 23.9. The van der Waals surface area contributed by atoms with Crippen molar-refractivity contribution in [3.05, 3.63) is 24.3 Å². The lowest BCUT2D eigenvalue weighted by Crippen LogP contribution is -2.62. The number of hydrogen-bond acceptors (Lipinski definition) is 14. The third-order valence-corrected chi connectivity index (χ3v) is 25.9. The van der Waals surface area contributed by atoms with Gasteiger partial charge >= 0.3 is 41.6 Å². The van der Waals surface area contributed by atoms with Crippen LogP contribution in [0.2, 0.25) is 0 Å². The van der Waals surface area contributed by atoms with Crippen molar-refractivity contribution in [3.8, 4) is 0 Å². The topological polar surface area (TPSA) is 295 Å². The predicted molar refractivity (Wildman–Crippen MR) is 281 cm³/mol. The lowest BCUT2D eigenvalue weighted by molar-refractivity contribution is -0.185. The average molecular weight is 1150 g/mol. The molecular weight excluding hydrogens is 1060 g/mol. The molecule has 0 heterocycles. The highest BCUT2D eigenvalue weighted by atomic mass is 32.3. The first-order valence-electron chi connectivity index (χ1n) is 28.2. The summed E-state index contributed by atoms with van der Waals surface area (Å²) in [6.45, 7) is 22.5. The second-order valence-electron chi connectivity index (χ2n) is 27.9. The molecule has 0 aromatic rings. The van der Waals surface area contributed by atoms with E-state index >= 15 is 0 Å². The minimum atomic E-state index is -5.15. The molecule has 9 rings (SSSR count). The molecule has 0 aromatic heterocycles. The Labute approximate surface area is 453 Å². The van der Waals surface area contributed by atoms with Crippen molar-refractivity contribution in [1.29, 1.82) is 0 Å². The Morgan fingerprint density at radius 1 is 0.566 bits per heavy atom. The zero-order chi connectivity index (χ0) is 55.9. The molecule has 9 fully saturated rings. The van der Waals surface area contributed by atoms with E-state index in [1.54, 1.807) is 0 Å². The van der Waals surface area contributed by atoms with E-state index in [0.29, 0.717) is 49.9 Å². The highest BCUT2D eigenvalue weighted by molar-refractivity contribution is 7.81. The zero-order valence-corrected chi connectivity index (χ0v) is 48.9. The van der Waals surface area contributed by atoms with Crippen LogP contribution in [-0.4, -0.2) is 98.7 Å². The van der Waals surface area contributed by atoms with E-state index in [9.17, 15) is 62.1 Å². The smallest absolute Gasteiger partial charge is 0.393 e. The molecule has 18 nitrogen and oxygen atoms in total. The van der Waals surface area contributed by atoms with Crippen LogP contribution >= 0.6 is 0 Å². The molecule has 76 heavy (non-hydrogen) atoms. The van der Waals surface area contributed by atoms with Gasteiger partial charge in [0.15, 0.2) is 0 Å². The highest BCUT2D eigenvalue weighted by Crippen LogP contribution is 2.71. The molecule has 22 heteroatoms. The van der Waals surface area contributed by atoms with Gasteiger partial charge < -0.3 is 10.2 Å². The molecule has 9 aliphatic carbocycles. The number of allylic oxidation sites excluding steroid dienone is 3. The van der Waals surface area contributed by atoms with Crippen LogP contribution < -0.4 is 0 Å². The Morgan fingerprint density at radius 3 is 1.55 bits per heavy atom. The third kappa shape index (κ3) is 11.1. The van der Waals surface area contributed by atoms with E-state index in [1.165, 1.54) is 0 Å². The highest BCUT2D eigenvalue weighted by Gasteiger charge is 2.67. The Hall–Kier alpha value is -1.12. The molecular formula is C54H88O18S4. The molecule has 0 aliphatic heterocycles. The van der Waals surface area contributed by atoms with E-state index < -0.39 is 89.6 Å². The normalized spacial score (nSPS) is 47.7. The van der Waals surface area contributed by atoms with E-state index in [2.05, 4.69) is 67.2 Å². The van der Waals surface area contributed by atoms with Gasteiger partial charge in [0, 0.05) is 0 Å². The van der Waals surface area contributed by atoms with Crippen molar-refractivity contribution in [2.24, 2.45) is 110 Å². The Morgan fingerprint density at radius 2 is 1.01 bits per heavy atom. The van der Waals surface area contributed by atoms with Crippen LogP contribution in [0.4, 0.5) is 0 Å². The second-order valence-corrected chi connectivity index (χ2v) is 32.1. The molecule has 0 radical (unpaired) electrons. The summed E-state index contributed by atoms with van der Waals surface area (Å²) in [6, 6.07) is 0. The van der Waals surface area contributed by atoms with Gasteiger partial charge in [-0.3, -0.25) is 18.2 Å². The number of hydrogen-bond donors (Lipinski definition) is 6. The van der Waals surface area contributed by atoms with Crippen molar-refractivity contribution in [1.82, 2.24) is 0 Å². The fourth-order valence-electron chi connectivity index (χ4n) is 20.9. The summed E-state index contributed by atoms with van der Waals surface area (Å²) < 4.78 is 157. The molecule has 0 bridgehead atoms. The number of rotatable bonds is 15. The molecule has 0 aromatic carbocycles. The molecule has 0 amide bonds. The monoisotopic (exact) mass is 1150 g/mol. The van der Waals surface area contributed by atoms with Gasteiger partial charge in [0.2, 0.25) is 0 Å². The van der Waals surface area contributed by atoms with Crippen LogP contribution in [0.3, 0.4) is 0 Å². The van der Waals surface area contributed by atoms with Gasteiger partial charge in [-0.25, -0.2) is 16.7 Å². The largest absolute Gasteiger partial charge is 0.397 e. The van der Waals surface area contributed by atoms with Crippen LogP contribution in [0, 0.1) is 110 Å². The Balaban J connectivity index is 0.898. The summed E-state index contributed by atoms with van der Waals surface area (Å²) in [7, 11) is -20.0. The molecule has 9 aliphatic rings. The van der Waals surface area contributed by atoms with Crippen LogP contribution in [0.1, 0.15) is 165 Å². The van der Waals surface area contributed by atoms with Gasteiger partial charge in [0.05, 0.1) is 24.4 Å². The molecule has 9 saturated carbocycles. The van der Waals surface area contributed by atoms with Gasteiger partial charge in [-0.15, -0.1) is 0 Å². The lowest BCUT2D eigenvalue weighted by Gasteiger charge is -2.63. The Kier molecular flexibility index (Phi) is 15.9. The molecule has 0 spiro atoms. The summed E-state index contributed by atoms with van der Waals surface area (Å²) >= 11 is 0. The average Bonchev–Trinajstić information content (AvgIpc) is 3.88. The van der Waals surface area contributed by atoms with E-state index in [-0.39, 0.29) is 100 Å². The van der Waals surface area contributed by atoms with Crippen molar-refractivity contribution < 1.29 is 78.8 Å². The number of aliphatic hydroxyl groups excluding tert-OH is 2. The van der Waals surface area contributed by atoms with Crippen molar-refractivity contribution in [2.45, 2.75) is 201 Å². The maximum Gasteiger partial charge on any atom is 0.397 e. The fourth-order valence-corrected chi connectivity index (χ4v) is 22.9. The van der Waals surface area contributed by atoms with Crippen molar-refractivity contribution >= 4 is 41.6 Å². The maximum atomic E-state index is 12.5. The van der Waals surface area contributed by atoms with Crippen LogP contribution in [-0.2, 0) is 58.3 Å². The quantitative estimate of drug-likeness (QED) is 0.0658. The van der Waals surface area contributed by atoms with Gasteiger partial charge in [-0.2, -0.15) is 33.7 Å². The zero-order valence-electron chi connectivity index (χ0n) is 45.6. The number of aliphatic hydroxyl groups is 2. The minimum Gasteiger partial charge on any atom is -0.393 e. The van der Waals surface area contributed by atoms with Gasteiger partial charge in [-0.1, -0.05) is 79.7 Å². The minimum absolute atomic E-state index is 0.0272. The predicted octanol–water partition coefficient (Wildman–Crippen LogP) is 9.04. The SMILES string of the molecule is C=C1CC(C)(C)[C@@H](/C=C/[C@@H](C)[C@H]2CC[C@H]3[C@@H]4C[C@H](OS(=O)(=O)O)[C@H]5C[C@@H](O)CC[C@]5(C)[C@H]4CC[C@]23C)[C@H]1CC(O)[C@@H](C)[C@H]1CC[C@H]2[C@@H]3C[C@H](OS(=O)(=O)O)[C@H]4C[C@H](OS(=O)(=O)O)[C@@H](OS(=O)(=O)O)C[C@]4(C)[C@H]3CC[C@]12C. The fraction of sp³-hybridized carbons (Fsp3) is 0.926. The van der Waals surface area contributed by atoms with Crippen LogP contribution in [0.5, 0.6) is 0 Å². The molecule has 6 N–H and O–H groups in total. The maximum absolute atomic E-state index is 12.5. The lowest BCUT2D eigenvalue weighted by atomic mass is 9.43.